The standard InChI is InChI=1S/C26H36O3/c1-4-7-10-13-20-14-11-12-17-21(20)23-18-19-25(29-26(27)28)24(16-9-6-3)22(23)15-8-5-2/h11-12,14,17-19H,4-10,13,15-16H2,1-3H3,(H,27,28). The van der Waals surface area contributed by atoms with E-state index in [0.29, 0.717) is 5.75 Å². The van der Waals surface area contributed by atoms with Crippen LogP contribution in [0.1, 0.15) is 82.4 Å². The Balaban J connectivity index is 2.57. The van der Waals surface area contributed by atoms with Crippen molar-refractivity contribution in [2.24, 2.45) is 0 Å². The Morgan fingerprint density at radius 1 is 0.759 bits per heavy atom. The summed E-state index contributed by atoms with van der Waals surface area (Å²) in [7, 11) is 0. The van der Waals surface area contributed by atoms with Crippen LogP contribution in [-0.4, -0.2) is 11.3 Å². The molecule has 0 aromatic heterocycles. The fourth-order valence-corrected chi connectivity index (χ4v) is 3.95. The van der Waals surface area contributed by atoms with Gasteiger partial charge in [-0.3, -0.25) is 0 Å². The molecule has 0 saturated carbocycles. The SMILES string of the molecule is CCCCCc1ccccc1-c1ccc(OC(=O)O)c(CCCC)c1CCCC. The van der Waals surface area contributed by atoms with Crippen LogP contribution >= 0.6 is 0 Å². The van der Waals surface area contributed by atoms with Crippen LogP contribution in [0.4, 0.5) is 4.79 Å². The van der Waals surface area contributed by atoms with E-state index < -0.39 is 6.16 Å². The van der Waals surface area contributed by atoms with Crippen LogP contribution in [-0.2, 0) is 19.3 Å². The minimum Gasteiger partial charge on any atom is -0.449 e. The summed E-state index contributed by atoms with van der Waals surface area (Å²) in [4.78, 5) is 11.3. The maximum absolute atomic E-state index is 11.3. The number of hydrogen-bond donors (Lipinski definition) is 1. The summed E-state index contributed by atoms with van der Waals surface area (Å²) in [6.45, 7) is 6.59. The lowest BCUT2D eigenvalue weighted by Crippen LogP contribution is -2.09. The van der Waals surface area contributed by atoms with Gasteiger partial charge in [0.15, 0.2) is 0 Å². The highest BCUT2D eigenvalue weighted by molar-refractivity contribution is 5.74. The predicted octanol–water partition coefficient (Wildman–Crippen LogP) is 7.83. The second kappa shape index (κ2) is 12.3. The highest BCUT2D eigenvalue weighted by atomic mass is 16.7. The first-order chi connectivity index (χ1) is 14.1. The minimum atomic E-state index is -1.24. The maximum Gasteiger partial charge on any atom is 0.511 e. The molecule has 0 bridgehead atoms. The Labute approximate surface area is 176 Å². The largest absolute Gasteiger partial charge is 0.511 e. The maximum atomic E-state index is 11.3. The molecule has 0 radical (unpaired) electrons. The van der Waals surface area contributed by atoms with E-state index in [1.165, 1.54) is 41.5 Å². The third-order valence-corrected chi connectivity index (χ3v) is 5.50. The normalized spacial score (nSPS) is 10.9. The zero-order valence-corrected chi connectivity index (χ0v) is 18.3. The predicted molar refractivity (Wildman–Crippen MR) is 121 cm³/mol. The Hall–Kier alpha value is -2.29. The van der Waals surface area contributed by atoms with Gasteiger partial charge in [0.05, 0.1) is 0 Å². The first-order valence-corrected chi connectivity index (χ1v) is 11.3. The molecule has 0 aliphatic rings. The molecule has 0 amide bonds. The number of rotatable bonds is 12. The highest BCUT2D eigenvalue weighted by Gasteiger charge is 2.18. The number of carbonyl (C=O) groups is 1. The average molecular weight is 397 g/mol. The molecule has 3 heteroatoms. The van der Waals surface area contributed by atoms with E-state index in [0.717, 1.165) is 50.5 Å². The van der Waals surface area contributed by atoms with Gasteiger partial charge < -0.3 is 9.84 Å². The van der Waals surface area contributed by atoms with Gasteiger partial charge in [0, 0.05) is 0 Å². The van der Waals surface area contributed by atoms with E-state index in [4.69, 9.17) is 4.74 Å². The molecule has 1 N–H and O–H groups in total. The smallest absolute Gasteiger partial charge is 0.449 e. The molecule has 0 atom stereocenters. The van der Waals surface area contributed by atoms with Crippen molar-refractivity contribution in [3.8, 4) is 16.9 Å². The van der Waals surface area contributed by atoms with E-state index in [2.05, 4.69) is 51.1 Å². The topological polar surface area (TPSA) is 46.5 Å². The fraction of sp³-hybridized carbons (Fsp3) is 0.500. The molecule has 158 valence electrons. The van der Waals surface area contributed by atoms with Crippen molar-refractivity contribution >= 4 is 6.16 Å². The lowest BCUT2D eigenvalue weighted by molar-refractivity contribution is 0.144. The number of aryl methyl sites for hydroxylation is 1. The summed E-state index contributed by atoms with van der Waals surface area (Å²) in [5.74, 6) is 0.504. The van der Waals surface area contributed by atoms with Crippen molar-refractivity contribution in [3.63, 3.8) is 0 Å². The third kappa shape index (κ3) is 6.62. The number of carboxylic acid groups (broad SMARTS) is 1. The van der Waals surface area contributed by atoms with Gasteiger partial charge in [0.25, 0.3) is 0 Å². The van der Waals surface area contributed by atoms with Crippen molar-refractivity contribution in [2.75, 3.05) is 0 Å². The number of benzene rings is 2. The molecule has 0 fully saturated rings. The molecule has 0 aliphatic heterocycles. The third-order valence-electron chi connectivity index (χ3n) is 5.50. The molecule has 29 heavy (non-hydrogen) atoms. The summed E-state index contributed by atoms with van der Waals surface area (Å²) in [5, 5.41) is 9.21. The van der Waals surface area contributed by atoms with Gasteiger partial charge in [-0.1, -0.05) is 76.8 Å². The molecule has 2 rings (SSSR count). The molecule has 2 aromatic carbocycles. The van der Waals surface area contributed by atoms with Crippen LogP contribution in [0, 0.1) is 0 Å². The molecule has 0 saturated heterocycles. The summed E-state index contributed by atoms with van der Waals surface area (Å²) < 4.78 is 5.18. The van der Waals surface area contributed by atoms with Crippen LogP contribution in [0.3, 0.4) is 0 Å². The van der Waals surface area contributed by atoms with Crippen molar-refractivity contribution in [1.29, 1.82) is 0 Å². The van der Waals surface area contributed by atoms with E-state index >= 15 is 0 Å². The molecule has 0 unspecified atom stereocenters. The Morgan fingerprint density at radius 3 is 2.07 bits per heavy atom. The van der Waals surface area contributed by atoms with Gasteiger partial charge in [-0.25, -0.2) is 4.79 Å². The number of unbranched alkanes of at least 4 members (excludes halogenated alkanes) is 4. The monoisotopic (exact) mass is 396 g/mol. The van der Waals surface area contributed by atoms with Crippen LogP contribution in [0.25, 0.3) is 11.1 Å². The van der Waals surface area contributed by atoms with Gasteiger partial charge in [-0.2, -0.15) is 0 Å². The summed E-state index contributed by atoms with van der Waals surface area (Å²) in [6, 6.07) is 12.6. The molecule has 2 aromatic rings. The van der Waals surface area contributed by atoms with Crippen LogP contribution in [0.15, 0.2) is 36.4 Å². The second-order valence-corrected chi connectivity index (χ2v) is 7.76. The number of ether oxygens (including phenoxy) is 1. The van der Waals surface area contributed by atoms with E-state index in [1.807, 2.05) is 6.07 Å². The zero-order valence-electron chi connectivity index (χ0n) is 18.3. The van der Waals surface area contributed by atoms with Crippen LogP contribution in [0.2, 0.25) is 0 Å². The quantitative estimate of drug-likeness (QED) is 0.226. The Bertz CT molecular complexity index is 780. The lowest BCUT2D eigenvalue weighted by Gasteiger charge is -2.20. The summed E-state index contributed by atoms with van der Waals surface area (Å²) >= 11 is 0. The molecule has 0 heterocycles. The second-order valence-electron chi connectivity index (χ2n) is 7.76. The van der Waals surface area contributed by atoms with Gasteiger partial charge in [0.1, 0.15) is 5.75 Å². The van der Waals surface area contributed by atoms with Crippen LogP contribution in [0.5, 0.6) is 5.75 Å². The molecule has 0 spiro atoms. The van der Waals surface area contributed by atoms with Gasteiger partial charge >= 0.3 is 6.16 Å². The van der Waals surface area contributed by atoms with E-state index in [9.17, 15) is 9.90 Å². The van der Waals surface area contributed by atoms with Gasteiger partial charge in [0.2, 0.25) is 0 Å². The Morgan fingerprint density at radius 2 is 1.41 bits per heavy atom. The molecular formula is C26H36O3. The van der Waals surface area contributed by atoms with Crippen molar-refractivity contribution in [2.45, 2.75) is 85.0 Å². The van der Waals surface area contributed by atoms with Crippen LogP contribution < -0.4 is 4.74 Å². The van der Waals surface area contributed by atoms with Crippen molar-refractivity contribution in [1.82, 2.24) is 0 Å². The molecular weight excluding hydrogens is 360 g/mol. The Kier molecular flexibility index (Phi) is 9.76. The average Bonchev–Trinajstić information content (AvgIpc) is 2.71. The first kappa shape index (κ1) is 23.0. The van der Waals surface area contributed by atoms with Crippen molar-refractivity contribution in [3.05, 3.63) is 53.1 Å². The number of hydrogen-bond acceptors (Lipinski definition) is 2. The fourth-order valence-electron chi connectivity index (χ4n) is 3.95. The lowest BCUT2D eigenvalue weighted by atomic mass is 9.86. The summed E-state index contributed by atoms with van der Waals surface area (Å²) in [6.07, 6.45) is 9.57. The minimum absolute atomic E-state index is 0.504. The molecule has 3 nitrogen and oxygen atoms in total. The summed E-state index contributed by atoms with van der Waals surface area (Å²) in [5.41, 5.74) is 6.25. The molecule has 0 aliphatic carbocycles. The van der Waals surface area contributed by atoms with E-state index in [1.54, 1.807) is 0 Å². The zero-order chi connectivity index (χ0) is 21.1. The van der Waals surface area contributed by atoms with Gasteiger partial charge in [-0.05, 0) is 72.4 Å². The van der Waals surface area contributed by atoms with E-state index in [-0.39, 0.29) is 0 Å². The van der Waals surface area contributed by atoms with Gasteiger partial charge in [-0.15, -0.1) is 0 Å². The first-order valence-electron chi connectivity index (χ1n) is 11.3. The highest BCUT2D eigenvalue weighted by Crippen LogP contribution is 2.36. The van der Waals surface area contributed by atoms with Crippen molar-refractivity contribution < 1.29 is 14.6 Å².